The maximum Gasteiger partial charge on any atom is 0.318 e. The zero-order chi connectivity index (χ0) is 20.3. The molecule has 146 valence electrons. The van der Waals surface area contributed by atoms with Crippen LogP contribution in [-0.2, 0) is 14.8 Å². The molecular weight excluding hydrogens is 410 g/mol. The molecule has 1 aromatic heterocycles. The Bertz CT molecular complexity index is 1110. The van der Waals surface area contributed by atoms with Crippen LogP contribution in [0.2, 0.25) is 5.02 Å². The van der Waals surface area contributed by atoms with Gasteiger partial charge in [0.15, 0.2) is 0 Å². The predicted molar refractivity (Wildman–Crippen MR) is 99.6 cm³/mol. The van der Waals surface area contributed by atoms with E-state index < -0.39 is 22.5 Å². The molecule has 0 saturated carbocycles. The Hall–Kier alpha value is -2.95. The van der Waals surface area contributed by atoms with Gasteiger partial charge in [-0.25, -0.2) is 8.42 Å². The van der Waals surface area contributed by atoms with Gasteiger partial charge in [-0.05, 0) is 42.5 Å². The Labute approximate surface area is 165 Å². The Morgan fingerprint density at radius 3 is 2.50 bits per heavy atom. The van der Waals surface area contributed by atoms with Crippen LogP contribution in [-0.4, -0.2) is 43.3 Å². The minimum absolute atomic E-state index is 0.0195. The molecule has 11 heteroatoms. The van der Waals surface area contributed by atoms with Crippen molar-refractivity contribution in [1.29, 1.82) is 0 Å². The minimum atomic E-state index is -4.05. The lowest BCUT2D eigenvalue weighted by atomic mass is 10.2. The number of ether oxygens (including phenoxy) is 1. The van der Waals surface area contributed by atoms with E-state index in [2.05, 4.69) is 10.2 Å². The Kier molecular flexibility index (Phi) is 5.63. The van der Waals surface area contributed by atoms with E-state index in [-0.39, 0.29) is 27.3 Å². The molecule has 28 heavy (non-hydrogen) atoms. The molecule has 0 aliphatic heterocycles. The molecule has 9 nitrogen and oxygen atoms in total. The summed E-state index contributed by atoms with van der Waals surface area (Å²) in [6.07, 6.45) is 0. The van der Waals surface area contributed by atoms with Gasteiger partial charge in [0.05, 0.1) is 22.6 Å². The van der Waals surface area contributed by atoms with Crippen molar-refractivity contribution in [3.05, 3.63) is 47.5 Å². The summed E-state index contributed by atoms with van der Waals surface area (Å²) < 4.78 is 37.1. The van der Waals surface area contributed by atoms with Gasteiger partial charge in [-0.15, -0.1) is 10.2 Å². The van der Waals surface area contributed by atoms with E-state index >= 15 is 0 Å². The van der Waals surface area contributed by atoms with Crippen LogP contribution < -0.4 is 9.46 Å². The normalized spacial score (nSPS) is 11.4. The van der Waals surface area contributed by atoms with Gasteiger partial charge in [0.2, 0.25) is 21.8 Å². The fraction of sp³-hybridized carbons (Fsp3) is 0.118. The molecule has 0 radical (unpaired) electrons. The van der Waals surface area contributed by atoms with Crippen molar-refractivity contribution in [3.63, 3.8) is 0 Å². The van der Waals surface area contributed by atoms with Crippen LogP contribution in [0.3, 0.4) is 0 Å². The fourth-order valence-corrected chi connectivity index (χ4v) is 3.46. The third-order valence-corrected chi connectivity index (χ3v) is 5.38. The minimum Gasteiger partial charge on any atom is -0.497 e. The van der Waals surface area contributed by atoms with E-state index in [0.29, 0.717) is 11.3 Å². The first-order valence-corrected chi connectivity index (χ1v) is 9.65. The number of carbonyl (C=O) groups is 1. The van der Waals surface area contributed by atoms with E-state index in [9.17, 15) is 13.2 Å². The molecule has 0 amide bonds. The van der Waals surface area contributed by atoms with Gasteiger partial charge >= 0.3 is 5.97 Å². The highest BCUT2D eigenvalue weighted by Crippen LogP contribution is 2.31. The molecule has 0 aliphatic rings. The van der Waals surface area contributed by atoms with Gasteiger partial charge in [0, 0.05) is 5.56 Å². The SMILES string of the molecule is COc1ccc(-c2nnc(-c3cc(S(=O)(=O)NCC(=O)O)ccc3Cl)o2)cc1. The summed E-state index contributed by atoms with van der Waals surface area (Å²) in [5.41, 5.74) is 0.842. The summed E-state index contributed by atoms with van der Waals surface area (Å²) in [6, 6.07) is 10.8. The van der Waals surface area contributed by atoms with E-state index in [0.717, 1.165) is 0 Å². The topological polar surface area (TPSA) is 132 Å². The number of sulfonamides is 1. The molecule has 0 saturated heterocycles. The number of rotatable bonds is 7. The zero-order valence-electron chi connectivity index (χ0n) is 14.4. The second-order valence-corrected chi connectivity index (χ2v) is 7.67. The van der Waals surface area contributed by atoms with Gasteiger partial charge < -0.3 is 14.3 Å². The maximum atomic E-state index is 12.2. The number of halogens is 1. The molecule has 3 aromatic rings. The van der Waals surface area contributed by atoms with Gasteiger partial charge in [0.25, 0.3) is 0 Å². The number of nitrogens with one attached hydrogen (secondary N) is 1. The number of hydrogen-bond donors (Lipinski definition) is 2. The molecule has 3 rings (SSSR count). The van der Waals surface area contributed by atoms with Gasteiger partial charge in [-0.3, -0.25) is 4.79 Å². The monoisotopic (exact) mass is 423 g/mol. The summed E-state index contributed by atoms with van der Waals surface area (Å²) in [4.78, 5) is 10.4. The lowest BCUT2D eigenvalue weighted by Gasteiger charge is -2.07. The lowest BCUT2D eigenvalue weighted by Crippen LogP contribution is -2.29. The second-order valence-electron chi connectivity index (χ2n) is 5.50. The molecule has 0 unspecified atom stereocenters. The molecule has 0 fully saturated rings. The van der Waals surface area contributed by atoms with Crippen LogP contribution in [0.4, 0.5) is 0 Å². The highest BCUT2D eigenvalue weighted by atomic mass is 35.5. The Balaban J connectivity index is 1.93. The highest BCUT2D eigenvalue weighted by molar-refractivity contribution is 7.89. The quantitative estimate of drug-likeness (QED) is 0.592. The fourth-order valence-electron chi connectivity index (χ4n) is 2.26. The van der Waals surface area contributed by atoms with Crippen LogP contribution in [0.25, 0.3) is 22.9 Å². The highest BCUT2D eigenvalue weighted by Gasteiger charge is 2.20. The summed E-state index contributed by atoms with van der Waals surface area (Å²) in [5, 5.41) is 16.7. The third-order valence-electron chi connectivity index (χ3n) is 3.65. The third kappa shape index (κ3) is 4.30. The second kappa shape index (κ2) is 7.97. The van der Waals surface area contributed by atoms with Crippen LogP contribution in [0, 0.1) is 0 Å². The van der Waals surface area contributed by atoms with E-state index in [4.69, 9.17) is 25.9 Å². The molecule has 0 bridgehead atoms. The predicted octanol–water partition coefficient (Wildman–Crippen LogP) is 2.43. The number of hydrogen-bond acceptors (Lipinski definition) is 7. The first-order valence-electron chi connectivity index (χ1n) is 7.79. The largest absolute Gasteiger partial charge is 0.497 e. The first-order chi connectivity index (χ1) is 13.3. The van der Waals surface area contributed by atoms with E-state index in [1.165, 1.54) is 18.2 Å². The zero-order valence-corrected chi connectivity index (χ0v) is 16.0. The summed E-state index contributed by atoms with van der Waals surface area (Å²) in [7, 11) is -2.50. The van der Waals surface area contributed by atoms with Crippen LogP contribution >= 0.6 is 11.6 Å². The van der Waals surface area contributed by atoms with Crippen molar-refractivity contribution in [2.75, 3.05) is 13.7 Å². The molecule has 0 atom stereocenters. The van der Waals surface area contributed by atoms with Crippen LogP contribution in [0.5, 0.6) is 5.75 Å². The standard InChI is InChI=1S/C17H14ClN3O6S/c1-26-11-4-2-10(3-5-11)16-20-21-17(27-16)13-8-12(6-7-14(13)18)28(24,25)19-9-15(22)23/h2-8,19H,9H2,1H3,(H,22,23). The number of carboxylic acid groups (broad SMARTS) is 1. The average Bonchev–Trinajstić information content (AvgIpc) is 3.16. The van der Waals surface area contributed by atoms with E-state index in [1.807, 2.05) is 4.72 Å². The van der Waals surface area contributed by atoms with Crippen LogP contribution in [0.15, 0.2) is 51.8 Å². The molecular formula is C17H14ClN3O6S. The maximum absolute atomic E-state index is 12.2. The van der Waals surface area contributed by atoms with Gasteiger partial charge in [-0.1, -0.05) is 11.6 Å². The number of aromatic nitrogens is 2. The molecule has 0 aliphatic carbocycles. The smallest absolute Gasteiger partial charge is 0.318 e. The average molecular weight is 424 g/mol. The van der Waals surface area contributed by atoms with Crippen LogP contribution in [0.1, 0.15) is 0 Å². The Morgan fingerprint density at radius 1 is 1.18 bits per heavy atom. The number of nitrogens with zero attached hydrogens (tertiary/aromatic N) is 2. The van der Waals surface area contributed by atoms with Crippen molar-refractivity contribution in [2.24, 2.45) is 0 Å². The first kappa shape index (κ1) is 19.8. The number of methoxy groups -OCH3 is 1. The van der Waals surface area contributed by atoms with Crippen molar-refractivity contribution >= 4 is 27.6 Å². The van der Waals surface area contributed by atoms with Crippen molar-refractivity contribution in [3.8, 4) is 28.7 Å². The summed E-state index contributed by atoms with van der Waals surface area (Å²) >= 11 is 6.15. The molecule has 0 spiro atoms. The molecule has 1 heterocycles. The molecule has 2 N–H and O–H groups in total. The Morgan fingerprint density at radius 2 is 1.86 bits per heavy atom. The lowest BCUT2D eigenvalue weighted by molar-refractivity contribution is -0.135. The van der Waals surface area contributed by atoms with Gasteiger partial charge in [0.1, 0.15) is 12.3 Å². The molecule has 2 aromatic carbocycles. The van der Waals surface area contributed by atoms with Crippen molar-refractivity contribution in [2.45, 2.75) is 4.90 Å². The summed E-state index contributed by atoms with van der Waals surface area (Å²) in [5.74, 6) is -0.408. The number of carboxylic acids is 1. The van der Waals surface area contributed by atoms with E-state index in [1.54, 1.807) is 31.4 Å². The van der Waals surface area contributed by atoms with Gasteiger partial charge in [-0.2, -0.15) is 4.72 Å². The summed E-state index contributed by atoms with van der Waals surface area (Å²) in [6.45, 7) is -0.748. The number of benzene rings is 2. The van der Waals surface area contributed by atoms with Crippen molar-refractivity contribution in [1.82, 2.24) is 14.9 Å². The van der Waals surface area contributed by atoms with Crippen molar-refractivity contribution < 1.29 is 27.5 Å². The number of aliphatic carboxylic acids is 1.